The maximum absolute atomic E-state index is 11.7. The van der Waals surface area contributed by atoms with Gasteiger partial charge in [-0.05, 0) is 26.3 Å². The Morgan fingerprint density at radius 3 is 2.74 bits per heavy atom. The number of carbonyl (C=O) groups is 1. The number of nitrogens with one attached hydrogen (secondary N) is 2. The molecule has 0 spiro atoms. The number of benzene rings is 1. The minimum atomic E-state index is -0.436. The van der Waals surface area contributed by atoms with Crippen LogP contribution in [0.3, 0.4) is 0 Å². The Bertz CT molecular complexity index is 474. The standard InChI is InChI=1S/C13H19N3O3/c1-4-7-14-13(17)10(3)15-11-6-5-9(2)12(8-11)16(18)19/h5-6,8,10,15H,4,7H2,1-3H3,(H,14,17). The van der Waals surface area contributed by atoms with Gasteiger partial charge in [0, 0.05) is 23.9 Å². The quantitative estimate of drug-likeness (QED) is 0.610. The summed E-state index contributed by atoms with van der Waals surface area (Å²) in [5, 5.41) is 16.6. The van der Waals surface area contributed by atoms with Gasteiger partial charge in [-0.15, -0.1) is 0 Å². The first-order chi connectivity index (χ1) is 8.95. The van der Waals surface area contributed by atoms with Gasteiger partial charge in [-0.25, -0.2) is 0 Å². The molecule has 0 bridgehead atoms. The Hall–Kier alpha value is -2.11. The Morgan fingerprint density at radius 1 is 1.47 bits per heavy atom. The minimum Gasteiger partial charge on any atom is -0.374 e. The van der Waals surface area contributed by atoms with Gasteiger partial charge in [0.1, 0.15) is 6.04 Å². The number of aryl methyl sites for hydroxylation is 1. The molecule has 1 aromatic rings. The molecule has 1 unspecified atom stereocenters. The molecule has 19 heavy (non-hydrogen) atoms. The first kappa shape index (κ1) is 14.9. The zero-order valence-electron chi connectivity index (χ0n) is 11.4. The summed E-state index contributed by atoms with van der Waals surface area (Å²) in [6, 6.07) is 4.40. The number of nitro groups is 1. The van der Waals surface area contributed by atoms with Gasteiger partial charge in [0.05, 0.1) is 4.92 Å². The lowest BCUT2D eigenvalue weighted by Gasteiger charge is -2.15. The SMILES string of the molecule is CCCNC(=O)C(C)Nc1ccc(C)c([N+](=O)[O-])c1. The molecular weight excluding hydrogens is 246 g/mol. The highest BCUT2D eigenvalue weighted by Gasteiger charge is 2.15. The van der Waals surface area contributed by atoms with Gasteiger partial charge in [0.15, 0.2) is 0 Å². The normalized spacial score (nSPS) is 11.7. The summed E-state index contributed by atoms with van der Waals surface area (Å²) in [6.07, 6.45) is 0.870. The molecule has 2 N–H and O–H groups in total. The lowest BCUT2D eigenvalue weighted by molar-refractivity contribution is -0.385. The molecule has 0 saturated heterocycles. The molecule has 1 amide bonds. The largest absolute Gasteiger partial charge is 0.374 e. The Balaban J connectivity index is 2.74. The molecule has 6 heteroatoms. The molecule has 0 aliphatic rings. The van der Waals surface area contributed by atoms with E-state index >= 15 is 0 Å². The summed E-state index contributed by atoms with van der Waals surface area (Å²) in [4.78, 5) is 22.1. The molecule has 0 aliphatic heterocycles. The molecule has 104 valence electrons. The van der Waals surface area contributed by atoms with Gasteiger partial charge in [-0.1, -0.05) is 13.0 Å². The molecule has 0 aliphatic carbocycles. The van der Waals surface area contributed by atoms with Gasteiger partial charge in [-0.2, -0.15) is 0 Å². The number of carbonyl (C=O) groups excluding carboxylic acids is 1. The van der Waals surface area contributed by atoms with Gasteiger partial charge >= 0.3 is 0 Å². The van der Waals surface area contributed by atoms with E-state index in [1.807, 2.05) is 6.92 Å². The second-order valence-corrected chi connectivity index (χ2v) is 4.42. The van der Waals surface area contributed by atoms with Crippen LogP contribution >= 0.6 is 0 Å². The summed E-state index contributed by atoms with van der Waals surface area (Å²) >= 11 is 0. The zero-order chi connectivity index (χ0) is 14.4. The van der Waals surface area contributed by atoms with Crippen molar-refractivity contribution >= 4 is 17.3 Å². The van der Waals surface area contributed by atoms with Crippen LogP contribution in [-0.2, 0) is 4.79 Å². The van der Waals surface area contributed by atoms with Crippen LogP contribution in [0.2, 0.25) is 0 Å². The average molecular weight is 265 g/mol. The van der Waals surface area contributed by atoms with E-state index in [2.05, 4.69) is 10.6 Å². The molecular formula is C13H19N3O3. The summed E-state index contributed by atoms with van der Waals surface area (Å²) in [7, 11) is 0. The van der Waals surface area contributed by atoms with Crippen molar-refractivity contribution in [2.24, 2.45) is 0 Å². The molecule has 0 radical (unpaired) electrons. The smallest absolute Gasteiger partial charge is 0.274 e. The van der Waals surface area contributed by atoms with E-state index < -0.39 is 11.0 Å². The molecule has 1 rings (SSSR count). The van der Waals surface area contributed by atoms with E-state index in [0.717, 1.165) is 6.42 Å². The molecule has 0 fully saturated rings. The van der Waals surface area contributed by atoms with Crippen LogP contribution < -0.4 is 10.6 Å². The van der Waals surface area contributed by atoms with E-state index in [4.69, 9.17) is 0 Å². The zero-order valence-corrected chi connectivity index (χ0v) is 11.4. The highest BCUT2D eigenvalue weighted by molar-refractivity contribution is 5.84. The van der Waals surface area contributed by atoms with Crippen molar-refractivity contribution in [3.63, 3.8) is 0 Å². The maximum atomic E-state index is 11.7. The Labute approximate surface area is 112 Å². The molecule has 0 aromatic heterocycles. The van der Waals surface area contributed by atoms with Crippen LogP contribution in [0.5, 0.6) is 0 Å². The number of hydrogen-bond acceptors (Lipinski definition) is 4. The van der Waals surface area contributed by atoms with E-state index in [1.165, 1.54) is 6.07 Å². The molecule has 0 heterocycles. The fourth-order valence-electron chi connectivity index (χ4n) is 1.61. The molecule has 6 nitrogen and oxygen atoms in total. The van der Waals surface area contributed by atoms with Crippen molar-refractivity contribution in [1.82, 2.24) is 5.32 Å². The van der Waals surface area contributed by atoms with Gasteiger partial charge in [-0.3, -0.25) is 14.9 Å². The van der Waals surface area contributed by atoms with Crippen LogP contribution in [0.15, 0.2) is 18.2 Å². The summed E-state index contributed by atoms with van der Waals surface area (Å²) in [5.74, 6) is -0.120. The first-order valence-corrected chi connectivity index (χ1v) is 6.25. The summed E-state index contributed by atoms with van der Waals surface area (Å²) in [5.41, 5.74) is 1.21. The highest BCUT2D eigenvalue weighted by Crippen LogP contribution is 2.22. The van der Waals surface area contributed by atoms with E-state index in [9.17, 15) is 14.9 Å². The predicted octanol–water partition coefficient (Wildman–Crippen LogP) is 2.23. The van der Waals surface area contributed by atoms with Crippen LogP contribution in [0.25, 0.3) is 0 Å². The van der Waals surface area contributed by atoms with Crippen LogP contribution in [0, 0.1) is 17.0 Å². The van der Waals surface area contributed by atoms with Gasteiger partial charge in [0.2, 0.25) is 5.91 Å². The van der Waals surface area contributed by atoms with Crippen LogP contribution in [0.4, 0.5) is 11.4 Å². The fourth-order valence-corrected chi connectivity index (χ4v) is 1.61. The van der Waals surface area contributed by atoms with E-state index in [-0.39, 0.29) is 11.6 Å². The highest BCUT2D eigenvalue weighted by atomic mass is 16.6. The monoisotopic (exact) mass is 265 g/mol. The van der Waals surface area contributed by atoms with E-state index in [0.29, 0.717) is 17.8 Å². The van der Waals surface area contributed by atoms with Crippen molar-refractivity contribution in [2.45, 2.75) is 33.2 Å². The van der Waals surface area contributed by atoms with Gasteiger partial charge < -0.3 is 10.6 Å². The number of anilines is 1. The number of amides is 1. The summed E-state index contributed by atoms with van der Waals surface area (Å²) in [6.45, 7) is 6.00. The van der Waals surface area contributed by atoms with Crippen molar-refractivity contribution in [3.05, 3.63) is 33.9 Å². The first-order valence-electron chi connectivity index (χ1n) is 6.25. The van der Waals surface area contributed by atoms with Crippen molar-refractivity contribution in [2.75, 3.05) is 11.9 Å². The molecule has 1 atom stereocenters. The van der Waals surface area contributed by atoms with Crippen molar-refractivity contribution < 1.29 is 9.72 Å². The topological polar surface area (TPSA) is 84.3 Å². The lowest BCUT2D eigenvalue weighted by Crippen LogP contribution is -2.37. The number of nitro benzene ring substituents is 1. The molecule has 0 saturated carbocycles. The summed E-state index contributed by atoms with van der Waals surface area (Å²) < 4.78 is 0. The van der Waals surface area contributed by atoms with Crippen molar-refractivity contribution in [3.8, 4) is 0 Å². The third-order valence-electron chi connectivity index (χ3n) is 2.73. The third-order valence-corrected chi connectivity index (χ3v) is 2.73. The predicted molar refractivity (Wildman–Crippen MR) is 74.2 cm³/mol. The van der Waals surface area contributed by atoms with E-state index in [1.54, 1.807) is 26.0 Å². The van der Waals surface area contributed by atoms with Crippen molar-refractivity contribution in [1.29, 1.82) is 0 Å². The number of rotatable bonds is 6. The fraction of sp³-hybridized carbons (Fsp3) is 0.462. The van der Waals surface area contributed by atoms with Crippen LogP contribution in [-0.4, -0.2) is 23.4 Å². The maximum Gasteiger partial charge on any atom is 0.274 e. The number of nitrogens with zero attached hydrogens (tertiary/aromatic N) is 1. The Kier molecular flexibility index (Phi) is 5.29. The second kappa shape index (κ2) is 6.72. The Morgan fingerprint density at radius 2 is 2.16 bits per heavy atom. The number of hydrogen-bond donors (Lipinski definition) is 2. The van der Waals surface area contributed by atoms with Crippen LogP contribution in [0.1, 0.15) is 25.8 Å². The second-order valence-electron chi connectivity index (χ2n) is 4.42. The third kappa shape index (κ3) is 4.24. The lowest BCUT2D eigenvalue weighted by atomic mass is 10.1. The van der Waals surface area contributed by atoms with Gasteiger partial charge in [0.25, 0.3) is 5.69 Å². The minimum absolute atomic E-state index is 0.0474. The average Bonchev–Trinajstić information content (AvgIpc) is 2.37. The molecule has 1 aromatic carbocycles.